The molecule has 1 aromatic carbocycles. The highest BCUT2D eigenvalue weighted by Gasteiger charge is 2.20. The maximum atomic E-state index is 12.4. The minimum Gasteiger partial charge on any atom is -0.397 e. The average molecular weight is 314 g/mol. The topological polar surface area (TPSA) is 55.1 Å². The van der Waals surface area contributed by atoms with E-state index in [-0.39, 0.29) is 11.9 Å². The van der Waals surface area contributed by atoms with E-state index in [1.54, 1.807) is 17.4 Å². The van der Waals surface area contributed by atoms with Crippen LogP contribution in [0.1, 0.15) is 26.2 Å². The van der Waals surface area contributed by atoms with E-state index in [2.05, 4.69) is 5.32 Å². The minimum atomic E-state index is -0.153. The first-order valence-corrected chi connectivity index (χ1v) is 8.24. The predicted octanol–water partition coefficient (Wildman–Crippen LogP) is 3.91. The molecule has 5 heteroatoms. The van der Waals surface area contributed by atoms with Crippen LogP contribution in [0.25, 0.3) is 0 Å². The molecule has 1 unspecified atom stereocenters. The molecule has 3 N–H and O–H groups in total. The summed E-state index contributed by atoms with van der Waals surface area (Å²) >= 11 is 2.99. The van der Waals surface area contributed by atoms with Gasteiger partial charge >= 0.3 is 0 Å². The van der Waals surface area contributed by atoms with Gasteiger partial charge in [-0.15, -0.1) is 22.7 Å². The van der Waals surface area contributed by atoms with Crippen LogP contribution in [0.4, 0.5) is 5.69 Å². The number of amides is 1. The van der Waals surface area contributed by atoms with E-state index in [9.17, 15) is 4.79 Å². The van der Waals surface area contributed by atoms with Gasteiger partial charge in [-0.1, -0.05) is 36.4 Å². The van der Waals surface area contributed by atoms with Gasteiger partial charge < -0.3 is 11.1 Å². The third-order valence-corrected chi connectivity index (χ3v) is 5.00. The maximum absolute atomic E-state index is 12.4. The van der Waals surface area contributed by atoms with Gasteiger partial charge in [0.1, 0.15) is 4.88 Å². The van der Waals surface area contributed by atoms with Crippen LogP contribution in [-0.4, -0.2) is 5.91 Å². The third-order valence-electron chi connectivity index (χ3n) is 3.14. The Labute approximate surface area is 131 Å². The standard InChI is InChI=1S/C16H14N2OS2/c17-12-8-10-21-15(12)16(19)18-14(13-7-4-9-20-13)11-5-2-1-3-6-11/h1-10,14H,17H2,(H,18,19). The van der Waals surface area contributed by atoms with Crippen LogP contribution in [0.5, 0.6) is 0 Å². The summed E-state index contributed by atoms with van der Waals surface area (Å²) < 4.78 is 0. The molecule has 0 saturated carbocycles. The van der Waals surface area contributed by atoms with Crippen LogP contribution in [0.3, 0.4) is 0 Å². The zero-order valence-electron chi connectivity index (χ0n) is 11.2. The quantitative estimate of drug-likeness (QED) is 0.767. The largest absolute Gasteiger partial charge is 0.397 e. The molecule has 2 heterocycles. The summed E-state index contributed by atoms with van der Waals surface area (Å²) in [6, 6.07) is 15.6. The number of hydrogen-bond donors (Lipinski definition) is 2. The molecule has 3 aromatic rings. The van der Waals surface area contributed by atoms with Crippen molar-refractivity contribution in [3.8, 4) is 0 Å². The summed E-state index contributed by atoms with van der Waals surface area (Å²) in [6.07, 6.45) is 0. The van der Waals surface area contributed by atoms with Gasteiger partial charge in [-0.2, -0.15) is 0 Å². The van der Waals surface area contributed by atoms with E-state index in [1.807, 2.05) is 53.2 Å². The minimum absolute atomic E-state index is 0.134. The molecular formula is C16H14N2OS2. The Morgan fingerprint density at radius 2 is 1.81 bits per heavy atom. The van der Waals surface area contributed by atoms with Crippen molar-refractivity contribution in [3.05, 3.63) is 74.6 Å². The lowest BCUT2D eigenvalue weighted by Crippen LogP contribution is -2.28. The molecule has 0 aliphatic heterocycles. The Bertz CT molecular complexity index is 720. The number of anilines is 1. The van der Waals surface area contributed by atoms with Gasteiger partial charge in [-0.3, -0.25) is 4.79 Å². The Balaban J connectivity index is 1.91. The Kier molecular flexibility index (Phi) is 4.03. The molecule has 3 nitrogen and oxygen atoms in total. The van der Waals surface area contributed by atoms with Crippen molar-refractivity contribution in [2.45, 2.75) is 6.04 Å². The van der Waals surface area contributed by atoms with Crippen LogP contribution >= 0.6 is 22.7 Å². The van der Waals surface area contributed by atoms with Gasteiger partial charge in [-0.25, -0.2) is 0 Å². The van der Waals surface area contributed by atoms with Gasteiger partial charge in [0.15, 0.2) is 0 Å². The molecule has 1 amide bonds. The number of carbonyl (C=O) groups excluding carboxylic acids is 1. The molecule has 1 atom stereocenters. The van der Waals surface area contributed by atoms with Crippen LogP contribution in [0, 0.1) is 0 Å². The predicted molar refractivity (Wildman–Crippen MR) is 88.8 cm³/mol. The summed E-state index contributed by atoms with van der Waals surface area (Å²) in [5.74, 6) is -0.134. The number of carbonyl (C=O) groups is 1. The van der Waals surface area contributed by atoms with Crippen molar-refractivity contribution < 1.29 is 4.79 Å². The molecule has 0 bridgehead atoms. The first kappa shape index (κ1) is 13.9. The molecular weight excluding hydrogens is 300 g/mol. The van der Waals surface area contributed by atoms with Crippen molar-refractivity contribution >= 4 is 34.3 Å². The fraction of sp³-hybridized carbons (Fsp3) is 0.0625. The van der Waals surface area contributed by atoms with E-state index in [1.165, 1.54) is 11.3 Å². The number of thiophene rings is 2. The van der Waals surface area contributed by atoms with Crippen molar-refractivity contribution in [2.24, 2.45) is 0 Å². The number of nitrogen functional groups attached to an aromatic ring is 1. The van der Waals surface area contributed by atoms with Crippen LogP contribution in [0.2, 0.25) is 0 Å². The maximum Gasteiger partial charge on any atom is 0.264 e. The normalized spacial score (nSPS) is 12.0. The third kappa shape index (κ3) is 2.99. The summed E-state index contributed by atoms with van der Waals surface area (Å²) in [7, 11) is 0. The highest BCUT2D eigenvalue weighted by atomic mass is 32.1. The zero-order chi connectivity index (χ0) is 14.7. The lowest BCUT2D eigenvalue weighted by Gasteiger charge is -2.17. The number of nitrogens with two attached hydrogens (primary N) is 1. The van der Waals surface area contributed by atoms with Gasteiger partial charge in [0, 0.05) is 4.88 Å². The molecule has 0 aliphatic carbocycles. The molecule has 106 valence electrons. The van der Waals surface area contributed by atoms with Gasteiger partial charge in [-0.05, 0) is 28.5 Å². The smallest absolute Gasteiger partial charge is 0.264 e. The molecule has 0 spiro atoms. The number of benzene rings is 1. The summed E-state index contributed by atoms with van der Waals surface area (Å²) in [5.41, 5.74) is 7.41. The fourth-order valence-corrected chi connectivity index (χ4v) is 3.64. The second-order valence-corrected chi connectivity index (χ2v) is 6.43. The van der Waals surface area contributed by atoms with Crippen LogP contribution < -0.4 is 11.1 Å². The SMILES string of the molecule is Nc1ccsc1C(=O)NC(c1ccccc1)c1cccs1. The fourth-order valence-electron chi connectivity index (χ4n) is 2.12. The molecule has 0 aliphatic rings. The average Bonchev–Trinajstić information content (AvgIpc) is 3.17. The zero-order valence-corrected chi connectivity index (χ0v) is 12.8. The summed E-state index contributed by atoms with van der Waals surface area (Å²) in [6.45, 7) is 0. The van der Waals surface area contributed by atoms with Crippen molar-refractivity contribution in [2.75, 3.05) is 5.73 Å². The number of nitrogens with one attached hydrogen (secondary N) is 1. The first-order chi connectivity index (χ1) is 10.3. The number of hydrogen-bond acceptors (Lipinski definition) is 4. The lowest BCUT2D eigenvalue weighted by atomic mass is 10.1. The summed E-state index contributed by atoms with van der Waals surface area (Å²) in [4.78, 5) is 14.1. The first-order valence-electron chi connectivity index (χ1n) is 6.48. The molecule has 0 radical (unpaired) electrons. The van der Waals surface area contributed by atoms with Crippen molar-refractivity contribution in [1.29, 1.82) is 0 Å². The van der Waals surface area contributed by atoms with E-state index in [0.29, 0.717) is 10.6 Å². The highest BCUT2D eigenvalue weighted by Crippen LogP contribution is 2.27. The van der Waals surface area contributed by atoms with Gasteiger partial charge in [0.2, 0.25) is 0 Å². The van der Waals surface area contributed by atoms with Crippen molar-refractivity contribution in [1.82, 2.24) is 5.32 Å². The second-order valence-electron chi connectivity index (χ2n) is 4.54. The van der Waals surface area contributed by atoms with E-state index < -0.39 is 0 Å². The molecule has 21 heavy (non-hydrogen) atoms. The second kappa shape index (κ2) is 6.11. The van der Waals surface area contributed by atoms with E-state index in [4.69, 9.17) is 5.73 Å². The monoisotopic (exact) mass is 314 g/mol. The molecule has 3 rings (SSSR count). The van der Waals surface area contributed by atoms with Crippen molar-refractivity contribution in [3.63, 3.8) is 0 Å². The van der Waals surface area contributed by atoms with E-state index >= 15 is 0 Å². The lowest BCUT2D eigenvalue weighted by molar-refractivity contribution is 0.0948. The van der Waals surface area contributed by atoms with Gasteiger partial charge in [0.25, 0.3) is 5.91 Å². The van der Waals surface area contributed by atoms with Crippen LogP contribution in [-0.2, 0) is 0 Å². The summed E-state index contributed by atoms with van der Waals surface area (Å²) in [5, 5.41) is 6.92. The highest BCUT2D eigenvalue weighted by molar-refractivity contribution is 7.12. The van der Waals surface area contributed by atoms with Crippen LogP contribution in [0.15, 0.2) is 59.3 Å². The Hall–Kier alpha value is -2.11. The Morgan fingerprint density at radius 1 is 1.00 bits per heavy atom. The molecule has 2 aromatic heterocycles. The Morgan fingerprint density at radius 3 is 2.43 bits per heavy atom. The number of rotatable bonds is 4. The molecule has 0 saturated heterocycles. The molecule has 0 fully saturated rings. The van der Waals surface area contributed by atoms with Gasteiger partial charge in [0.05, 0.1) is 11.7 Å². The van der Waals surface area contributed by atoms with E-state index in [0.717, 1.165) is 10.4 Å².